The Balaban J connectivity index is 1.99. The average Bonchev–Trinajstić information content (AvgIpc) is 3.00. The maximum Gasteiger partial charge on any atom is 0.223 e. The van der Waals surface area contributed by atoms with E-state index in [1.165, 1.54) is 0 Å². The molecule has 1 aliphatic heterocycles. The molecule has 0 spiro atoms. The highest BCUT2D eigenvalue weighted by Gasteiger charge is 2.25. The molecule has 2 rings (SSSR count). The number of morpholine rings is 1. The standard InChI is InChI=1S/C16H28N6O2/c1-5-17-16(18-7-6-15(23)20(2)3)22-8-9-24-14(12-22)13-10-19-21(4)11-13/h10-11,14H,5-9,12H2,1-4H3,(H,17,18). The first-order valence-corrected chi connectivity index (χ1v) is 8.34. The second-order valence-corrected chi connectivity index (χ2v) is 6.03. The summed E-state index contributed by atoms with van der Waals surface area (Å²) in [6.45, 7) is 5.45. The first-order chi connectivity index (χ1) is 11.5. The number of aryl methyl sites for hydroxylation is 1. The number of amides is 1. The fourth-order valence-corrected chi connectivity index (χ4v) is 2.56. The molecule has 0 aromatic carbocycles. The van der Waals surface area contributed by atoms with E-state index in [0.29, 0.717) is 19.6 Å². The van der Waals surface area contributed by atoms with Gasteiger partial charge >= 0.3 is 0 Å². The number of nitrogens with zero attached hydrogens (tertiary/aromatic N) is 5. The number of aliphatic imine (C=N–C) groups is 1. The molecule has 0 saturated carbocycles. The van der Waals surface area contributed by atoms with Crippen molar-refractivity contribution in [3.8, 4) is 0 Å². The van der Waals surface area contributed by atoms with Gasteiger partial charge in [0.1, 0.15) is 6.10 Å². The van der Waals surface area contributed by atoms with Crippen molar-refractivity contribution in [1.29, 1.82) is 0 Å². The lowest BCUT2D eigenvalue weighted by Crippen LogP contribution is -2.48. The van der Waals surface area contributed by atoms with Crippen LogP contribution in [0.2, 0.25) is 0 Å². The second-order valence-electron chi connectivity index (χ2n) is 6.03. The fourth-order valence-electron chi connectivity index (χ4n) is 2.56. The number of carbonyl (C=O) groups excluding carboxylic acids is 1. The van der Waals surface area contributed by atoms with Crippen LogP contribution in [0.1, 0.15) is 25.0 Å². The molecule has 8 nitrogen and oxygen atoms in total. The Bertz CT molecular complexity index is 569. The zero-order chi connectivity index (χ0) is 17.5. The van der Waals surface area contributed by atoms with Gasteiger partial charge < -0.3 is 19.9 Å². The zero-order valence-corrected chi connectivity index (χ0v) is 15.0. The van der Waals surface area contributed by atoms with Crippen LogP contribution in [-0.2, 0) is 16.6 Å². The van der Waals surface area contributed by atoms with Gasteiger partial charge in [-0.15, -0.1) is 0 Å². The Morgan fingerprint density at radius 3 is 2.96 bits per heavy atom. The Kier molecular flexibility index (Phi) is 6.60. The van der Waals surface area contributed by atoms with Crippen molar-refractivity contribution < 1.29 is 9.53 Å². The van der Waals surface area contributed by atoms with E-state index in [1.807, 2.05) is 26.4 Å². The van der Waals surface area contributed by atoms with Crippen molar-refractivity contribution in [3.63, 3.8) is 0 Å². The van der Waals surface area contributed by atoms with Crippen molar-refractivity contribution in [2.75, 3.05) is 46.9 Å². The third kappa shape index (κ3) is 4.95. The molecule has 134 valence electrons. The van der Waals surface area contributed by atoms with E-state index in [4.69, 9.17) is 4.74 Å². The summed E-state index contributed by atoms with van der Waals surface area (Å²) in [4.78, 5) is 20.1. The molecule has 1 saturated heterocycles. The molecule has 1 amide bonds. The molecular weight excluding hydrogens is 308 g/mol. The molecule has 0 aliphatic carbocycles. The summed E-state index contributed by atoms with van der Waals surface area (Å²) in [5.41, 5.74) is 1.07. The number of rotatable bonds is 5. The third-order valence-corrected chi connectivity index (χ3v) is 3.88. The Hall–Kier alpha value is -2.09. The average molecular weight is 336 g/mol. The molecule has 0 radical (unpaired) electrons. The number of nitrogens with one attached hydrogen (secondary N) is 1. The molecule has 1 aromatic heterocycles. The predicted molar refractivity (Wildman–Crippen MR) is 92.8 cm³/mol. The van der Waals surface area contributed by atoms with Gasteiger partial charge in [0.2, 0.25) is 5.91 Å². The number of hydrogen-bond acceptors (Lipinski definition) is 4. The highest BCUT2D eigenvalue weighted by atomic mass is 16.5. The van der Waals surface area contributed by atoms with E-state index in [0.717, 1.165) is 31.2 Å². The molecular formula is C16H28N6O2. The lowest BCUT2D eigenvalue weighted by atomic mass is 10.1. The second kappa shape index (κ2) is 8.68. The van der Waals surface area contributed by atoms with Crippen molar-refractivity contribution in [2.45, 2.75) is 19.4 Å². The first kappa shape index (κ1) is 18.3. The smallest absolute Gasteiger partial charge is 0.223 e. The number of guanidine groups is 1. The van der Waals surface area contributed by atoms with E-state index in [-0.39, 0.29) is 12.0 Å². The molecule has 1 aromatic rings. The maximum atomic E-state index is 11.7. The lowest BCUT2D eigenvalue weighted by Gasteiger charge is -2.34. The Morgan fingerprint density at radius 2 is 2.33 bits per heavy atom. The largest absolute Gasteiger partial charge is 0.370 e. The van der Waals surface area contributed by atoms with Gasteiger partial charge in [-0.2, -0.15) is 5.10 Å². The summed E-state index contributed by atoms with van der Waals surface area (Å²) in [5, 5.41) is 7.52. The van der Waals surface area contributed by atoms with Crippen molar-refractivity contribution in [2.24, 2.45) is 12.0 Å². The zero-order valence-electron chi connectivity index (χ0n) is 15.0. The van der Waals surface area contributed by atoms with Gasteiger partial charge in [-0.3, -0.25) is 14.5 Å². The molecule has 8 heteroatoms. The SMILES string of the molecule is CCNC(=NCCC(=O)N(C)C)N1CCOC(c2cnn(C)c2)C1. The van der Waals surface area contributed by atoms with Crippen LogP contribution in [-0.4, -0.2) is 78.3 Å². The molecule has 1 fully saturated rings. The topological polar surface area (TPSA) is 75.0 Å². The van der Waals surface area contributed by atoms with Crippen LogP contribution in [0.15, 0.2) is 17.4 Å². The van der Waals surface area contributed by atoms with Gasteiger partial charge in [0.25, 0.3) is 0 Å². The van der Waals surface area contributed by atoms with E-state index in [1.54, 1.807) is 23.7 Å². The summed E-state index contributed by atoms with van der Waals surface area (Å²) in [7, 11) is 5.42. The van der Waals surface area contributed by atoms with Crippen LogP contribution >= 0.6 is 0 Å². The number of hydrogen-bond donors (Lipinski definition) is 1. The number of aromatic nitrogens is 2. The quantitative estimate of drug-likeness (QED) is 0.616. The highest BCUT2D eigenvalue weighted by Crippen LogP contribution is 2.21. The van der Waals surface area contributed by atoms with Gasteiger partial charge in [0, 0.05) is 52.4 Å². The molecule has 1 unspecified atom stereocenters. The molecule has 24 heavy (non-hydrogen) atoms. The first-order valence-electron chi connectivity index (χ1n) is 8.34. The monoisotopic (exact) mass is 336 g/mol. The summed E-state index contributed by atoms with van der Waals surface area (Å²) in [6.07, 6.45) is 4.22. The van der Waals surface area contributed by atoms with E-state index >= 15 is 0 Å². The highest BCUT2D eigenvalue weighted by molar-refractivity contribution is 5.81. The minimum Gasteiger partial charge on any atom is -0.370 e. The van der Waals surface area contributed by atoms with Gasteiger partial charge in [-0.05, 0) is 6.92 Å². The van der Waals surface area contributed by atoms with Gasteiger partial charge in [0.15, 0.2) is 5.96 Å². The van der Waals surface area contributed by atoms with Crippen LogP contribution in [0.3, 0.4) is 0 Å². The summed E-state index contributed by atoms with van der Waals surface area (Å²) in [6, 6.07) is 0. The Morgan fingerprint density at radius 1 is 1.54 bits per heavy atom. The Labute approximate surface area is 143 Å². The van der Waals surface area contributed by atoms with Crippen LogP contribution < -0.4 is 5.32 Å². The van der Waals surface area contributed by atoms with Crippen LogP contribution in [0.5, 0.6) is 0 Å². The minimum absolute atomic E-state index is 0.0142. The van der Waals surface area contributed by atoms with E-state index in [9.17, 15) is 4.79 Å². The van der Waals surface area contributed by atoms with E-state index in [2.05, 4.69) is 20.3 Å². The van der Waals surface area contributed by atoms with Crippen molar-refractivity contribution in [3.05, 3.63) is 18.0 Å². The van der Waals surface area contributed by atoms with Crippen LogP contribution in [0.25, 0.3) is 0 Å². The summed E-state index contributed by atoms with van der Waals surface area (Å²) >= 11 is 0. The maximum absolute atomic E-state index is 11.7. The fraction of sp³-hybridized carbons (Fsp3) is 0.688. The van der Waals surface area contributed by atoms with E-state index < -0.39 is 0 Å². The third-order valence-electron chi connectivity index (χ3n) is 3.88. The van der Waals surface area contributed by atoms with Gasteiger partial charge in [0.05, 0.1) is 25.9 Å². The number of carbonyl (C=O) groups is 1. The molecule has 1 N–H and O–H groups in total. The molecule has 0 bridgehead atoms. The normalized spacial score (nSPS) is 18.6. The molecule has 1 atom stereocenters. The van der Waals surface area contributed by atoms with Gasteiger partial charge in [-0.1, -0.05) is 0 Å². The van der Waals surface area contributed by atoms with Crippen molar-refractivity contribution in [1.82, 2.24) is 24.9 Å². The summed E-state index contributed by atoms with van der Waals surface area (Å²) < 4.78 is 7.65. The van der Waals surface area contributed by atoms with Crippen molar-refractivity contribution >= 4 is 11.9 Å². The number of ether oxygens (including phenoxy) is 1. The van der Waals surface area contributed by atoms with Crippen LogP contribution in [0, 0.1) is 0 Å². The molecule has 1 aliphatic rings. The minimum atomic E-state index is -0.0142. The predicted octanol–water partition coefficient (Wildman–Crippen LogP) is 0.237. The molecule has 2 heterocycles. The van der Waals surface area contributed by atoms with Gasteiger partial charge in [-0.25, -0.2) is 0 Å². The lowest BCUT2D eigenvalue weighted by molar-refractivity contribution is -0.128. The summed E-state index contributed by atoms with van der Waals surface area (Å²) in [5.74, 6) is 0.922. The van der Waals surface area contributed by atoms with Crippen LogP contribution in [0.4, 0.5) is 0 Å².